The fourth-order valence-electron chi connectivity index (χ4n) is 4.42. The molecule has 1 fully saturated rings. The van der Waals surface area contributed by atoms with Crippen LogP contribution in [0.2, 0.25) is 0 Å². The summed E-state index contributed by atoms with van der Waals surface area (Å²) in [4.78, 5) is 29.0. The molecule has 160 valence electrons. The molecule has 0 spiro atoms. The summed E-state index contributed by atoms with van der Waals surface area (Å²) in [7, 11) is 0. The number of carbonyl (C=O) groups is 2. The van der Waals surface area contributed by atoms with Crippen LogP contribution in [0.1, 0.15) is 67.8 Å². The molecule has 1 aliphatic carbocycles. The van der Waals surface area contributed by atoms with Crippen LogP contribution in [-0.4, -0.2) is 24.4 Å². The van der Waals surface area contributed by atoms with Gasteiger partial charge in [-0.2, -0.15) is 0 Å². The van der Waals surface area contributed by atoms with Gasteiger partial charge in [0.25, 0.3) is 5.91 Å². The summed E-state index contributed by atoms with van der Waals surface area (Å²) in [6.45, 7) is 4.72. The van der Waals surface area contributed by atoms with Gasteiger partial charge in [0, 0.05) is 17.8 Å². The van der Waals surface area contributed by atoms with Crippen molar-refractivity contribution in [2.24, 2.45) is 5.92 Å². The number of rotatable bonds is 8. The van der Waals surface area contributed by atoms with Gasteiger partial charge in [0.1, 0.15) is 6.04 Å². The van der Waals surface area contributed by atoms with Crippen LogP contribution in [0.15, 0.2) is 54.6 Å². The van der Waals surface area contributed by atoms with Crippen LogP contribution in [0.4, 0.5) is 5.69 Å². The Kier molecular flexibility index (Phi) is 8.06. The SMILES string of the molecule is CCCCNC(=O)C(C1CCCCC1)N(C(=O)c1ccccc1C)c1ccccc1. The average Bonchev–Trinajstić information content (AvgIpc) is 2.78. The lowest BCUT2D eigenvalue weighted by Gasteiger charge is -2.38. The summed E-state index contributed by atoms with van der Waals surface area (Å²) in [5.41, 5.74) is 2.37. The van der Waals surface area contributed by atoms with Gasteiger partial charge in [0.05, 0.1) is 0 Å². The largest absolute Gasteiger partial charge is 0.354 e. The highest BCUT2D eigenvalue weighted by Gasteiger charge is 2.38. The second-order valence-electron chi connectivity index (χ2n) is 8.31. The number of amides is 2. The number of nitrogens with zero attached hydrogens (tertiary/aromatic N) is 1. The monoisotopic (exact) mass is 406 g/mol. The third kappa shape index (κ3) is 5.29. The van der Waals surface area contributed by atoms with Crippen molar-refractivity contribution in [2.75, 3.05) is 11.4 Å². The maximum absolute atomic E-state index is 13.8. The average molecular weight is 407 g/mol. The highest BCUT2D eigenvalue weighted by atomic mass is 16.2. The number of unbranched alkanes of at least 4 members (excludes halogenated alkanes) is 1. The van der Waals surface area contributed by atoms with Gasteiger partial charge >= 0.3 is 0 Å². The quantitative estimate of drug-likeness (QED) is 0.588. The second-order valence-corrected chi connectivity index (χ2v) is 8.31. The molecule has 0 heterocycles. The number of hydrogen-bond donors (Lipinski definition) is 1. The Morgan fingerprint density at radius 2 is 1.67 bits per heavy atom. The van der Waals surface area contributed by atoms with Crippen molar-refractivity contribution < 1.29 is 9.59 Å². The lowest BCUT2D eigenvalue weighted by Crippen LogP contribution is -2.54. The van der Waals surface area contributed by atoms with Crippen molar-refractivity contribution in [1.82, 2.24) is 5.32 Å². The third-order valence-corrected chi connectivity index (χ3v) is 6.10. The molecule has 4 heteroatoms. The van der Waals surface area contributed by atoms with E-state index >= 15 is 0 Å². The van der Waals surface area contributed by atoms with Crippen LogP contribution < -0.4 is 10.2 Å². The zero-order valence-corrected chi connectivity index (χ0v) is 18.3. The molecule has 2 aromatic rings. The molecule has 2 aromatic carbocycles. The minimum absolute atomic E-state index is 0.0267. The molecule has 0 saturated heterocycles. The van der Waals surface area contributed by atoms with Crippen LogP contribution in [-0.2, 0) is 4.79 Å². The predicted octanol–water partition coefficient (Wildman–Crippen LogP) is 5.51. The number of nitrogens with one attached hydrogen (secondary N) is 1. The Hall–Kier alpha value is -2.62. The number of aryl methyl sites for hydroxylation is 1. The Balaban J connectivity index is 2.02. The number of carbonyl (C=O) groups excluding carboxylic acids is 2. The predicted molar refractivity (Wildman–Crippen MR) is 123 cm³/mol. The molecule has 1 N–H and O–H groups in total. The fraction of sp³-hybridized carbons (Fsp3) is 0.462. The minimum Gasteiger partial charge on any atom is -0.354 e. The molecular weight excluding hydrogens is 372 g/mol. The highest BCUT2D eigenvalue weighted by Crippen LogP contribution is 2.33. The van der Waals surface area contributed by atoms with E-state index in [-0.39, 0.29) is 17.7 Å². The smallest absolute Gasteiger partial charge is 0.259 e. The molecule has 0 radical (unpaired) electrons. The lowest BCUT2D eigenvalue weighted by molar-refractivity contribution is -0.123. The summed E-state index contributed by atoms with van der Waals surface area (Å²) in [6.07, 6.45) is 7.37. The third-order valence-electron chi connectivity index (χ3n) is 6.10. The van der Waals surface area contributed by atoms with E-state index < -0.39 is 6.04 Å². The van der Waals surface area contributed by atoms with Gasteiger partial charge < -0.3 is 5.32 Å². The van der Waals surface area contributed by atoms with E-state index in [0.717, 1.165) is 49.8 Å². The van der Waals surface area contributed by atoms with Crippen LogP contribution in [0.25, 0.3) is 0 Å². The molecule has 30 heavy (non-hydrogen) atoms. The summed E-state index contributed by atoms with van der Waals surface area (Å²) < 4.78 is 0. The first kappa shape index (κ1) is 22.1. The zero-order chi connectivity index (χ0) is 21.3. The van der Waals surface area contributed by atoms with Crippen molar-refractivity contribution in [3.63, 3.8) is 0 Å². The Labute approximate surface area is 180 Å². The molecule has 0 aliphatic heterocycles. The highest BCUT2D eigenvalue weighted by molar-refractivity contribution is 6.10. The number of anilines is 1. The van der Waals surface area contributed by atoms with Crippen molar-refractivity contribution in [1.29, 1.82) is 0 Å². The Morgan fingerprint density at radius 3 is 2.33 bits per heavy atom. The summed E-state index contributed by atoms with van der Waals surface area (Å²) in [5.74, 6) is 0.0511. The first-order chi connectivity index (χ1) is 14.6. The van der Waals surface area contributed by atoms with Crippen LogP contribution in [0.3, 0.4) is 0 Å². The molecule has 1 saturated carbocycles. The van der Waals surface area contributed by atoms with Gasteiger partial charge in [0.15, 0.2) is 0 Å². The van der Waals surface area contributed by atoms with E-state index in [2.05, 4.69) is 12.2 Å². The van der Waals surface area contributed by atoms with Crippen molar-refractivity contribution in [3.8, 4) is 0 Å². The summed E-state index contributed by atoms with van der Waals surface area (Å²) in [5, 5.41) is 3.12. The molecule has 1 aliphatic rings. The fourth-order valence-corrected chi connectivity index (χ4v) is 4.42. The molecule has 4 nitrogen and oxygen atoms in total. The van der Waals surface area contributed by atoms with E-state index in [1.54, 1.807) is 4.90 Å². The van der Waals surface area contributed by atoms with Crippen LogP contribution >= 0.6 is 0 Å². The van der Waals surface area contributed by atoms with E-state index in [9.17, 15) is 9.59 Å². The van der Waals surface area contributed by atoms with Gasteiger partial charge in [-0.25, -0.2) is 0 Å². The van der Waals surface area contributed by atoms with Crippen molar-refractivity contribution >= 4 is 17.5 Å². The molecule has 0 bridgehead atoms. The normalized spacial score (nSPS) is 15.4. The summed E-state index contributed by atoms with van der Waals surface area (Å²) >= 11 is 0. The Bertz CT molecular complexity index is 828. The number of para-hydroxylation sites is 1. The number of hydrogen-bond acceptors (Lipinski definition) is 2. The number of benzene rings is 2. The first-order valence-electron chi connectivity index (χ1n) is 11.4. The Morgan fingerprint density at radius 1 is 1.00 bits per heavy atom. The molecule has 0 aromatic heterocycles. The van der Waals surface area contributed by atoms with Gasteiger partial charge in [-0.05, 0) is 55.9 Å². The van der Waals surface area contributed by atoms with Gasteiger partial charge in [-0.1, -0.05) is 69.0 Å². The second kappa shape index (κ2) is 11.0. The molecule has 1 unspecified atom stereocenters. The van der Waals surface area contributed by atoms with E-state index in [1.807, 2.05) is 61.5 Å². The molecule has 2 amide bonds. The first-order valence-corrected chi connectivity index (χ1v) is 11.4. The molecule has 1 atom stereocenters. The van der Waals surface area contributed by atoms with Gasteiger partial charge in [0.2, 0.25) is 5.91 Å². The summed E-state index contributed by atoms with van der Waals surface area (Å²) in [6, 6.07) is 16.8. The van der Waals surface area contributed by atoms with E-state index in [1.165, 1.54) is 6.42 Å². The lowest BCUT2D eigenvalue weighted by atomic mass is 9.82. The maximum Gasteiger partial charge on any atom is 0.259 e. The van der Waals surface area contributed by atoms with Crippen molar-refractivity contribution in [2.45, 2.75) is 64.8 Å². The molecular formula is C26H34N2O2. The topological polar surface area (TPSA) is 49.4 Å². The minimum atomic E-state index is -0.489. The maximum atomic E-state index is 13.8. The van der Waals surface area contributed by atoms with Gasteiger partial charge in [-0.3, -0.25) is 14.5 Å². The van der Waals surface area contributed by atoms with Crippen molar-refractivity contribution in [3.05, 3.63) is 65.7 Å². The zero-order valence-electron chi connectivity index (χ0n) is 18.3. The molecule has 3 rings (SSSR count). The van der Waals surface area contributed by atoms with E-state index in [4.69, 9.17) is 0 Å². The van der Waals surface area contributed by atoms with Crippen LogP contribution in [0, 0.1) is 12.8 Å². The van der Waals surface area contributed by atoms with Gasteiger partial charge in [-0.15, -0.1) is 0 Å². The van der Waals surface area contributed by atoms with Crippen LogP contribution in [0.5, 0.6) is 0 Å². The standard InChI is InChI=1S/C26H34N2O2/c1-3-4-19-27-25(29)24(21-14-7-5-8-15-21)28(22-16-9-6-10-17-22)26(30)23-18-12-11-13-20(23)2/h6,9-13,16-18,21,24H,3-5,7-8,14-15,19H2,1-2H3,(H,27,29). The van der Waals surface area contributed by atoms with E-state index in [0.29, 0.717) is 12.1 Å².